The van der Waals surface area contributed by atoms with Crippen LogP contribution in [-0.4, -0.2) is 34.2 Å². The van der Waals surface area contributed by atoms with E-state index in [-0.39, 0.29) is 11.9 Å². The van der Waals surface area contributed by atoms with Crippen LogP contribution in [0.5, 0.6) is 5.75 Å². The number of benzene rings is 1. The summed E-state index contributed by atoms with van der Waals surface area (Å²) in [5.41, 5.74) is 1.74. The van der Waals surface area contributed by atoms with Crippen LogP contribution in [0.25, 0.3) is 0 Å². The molecule has 2 heterocycles. The highest BCUT2D eigenvalue weighted by Gasteiger charge is 2.33. The van der Waals surface area contributed by atoms with Gasteiger partial charge in [-0.25, -0.2) is 0 Å². The molecule has 0 N–H and O–H groups in total. The second-order valence-electron chi connectivity index (χ2n) is 5.43. The minimum atomic E-state index is 0.0313. The molecule has 0 unspecified atom stereocenters. The molecule has 1 aliphatic heterocycles. The Morgan fingerprint density at radius 1 is 1.36 bits per heavy atom. The number of likely N-dealkylation sites (tertiary alicyclic amines) is 1. The van der Waals surface area contributed by atoms with Gasteiger partial charge in [-0.05, 0) is 38.0 Å². The summed E-state index contributed by atoms with van der Waals surface area (Å²) in [6.45, 7) is 3.66. The number of methoxy groups -OCH3 is 1. The molecular weight excluding hydrogens is 278 g/mol. The van der Waals surface area contributed by atoms with E-state index in [1.54, 1.807) is 7.11 Å². The Morgan fingerprint density at radius 3 is 2.95 bits per heavy atom. The molecule has 3 rings (SSSR count). The van der Waals surface area contributed by atoms with Gasteiger partial charge in [0, 0.05) is 19.3 Å². The molecule has 1 amide bonds. The zero-order valence-electron chi connectivity index (χ0n) is 13.0. The van der Waals surface area contributed by atoms with Crippen LogP contribution in [-0.2, 0) is 6.54 Å². The van der Waals surface area contributed by atoms with Crippen molar-refractivity contribution in [2.45, 2.75) is 32.4 Å². The van der Waals surface area contributed by atoms with Crippen molar-refractivity contribution < 1.29 is 9.53 Å². The lowest BCUT2D eigenvalue weighted by atomic mass is 10.1. The normalized spacial score (nSPS) is 17.7. The molecule has 0 bridgehead atoms. The first-order chi connectivity index (χ1) is 10.8. The van der Waals surface area contributed by atoms with E-state index in [9.17, 15) is 4.79 Å². The molecule has 1 aromatic heterocycles. The van der Waals surface area contributed by atoms with Crippen LogP contribution in [0.4, 0.5) is 0 Å². The molecule has 1 atom stereocenters. The average molecular weight is 299 g/mol. The Kier molecular flexibility index (Phi) is 4.13. The second kappa shape index (κ2) is 6.22. The fraction of sp³-hybridized carbons (Fsp3) is 0.412. The monoisotopic (exact) mass is 299 g/mol. The highest BCUT2D eigenvalue weighted by molar-refractivity contribution is 5.97. The average Bonchev–Trinajstić information content (AvgIpc) is 3.21. The predicted molar refractivity (Wildman–Crippen MR) is 83.9 cm³/mol. The topological polar surface area (TPSA) is 47.4 Å². The Morgan fingerprint density at radius 2 is 2.18 bits per heavy atom. The van der Waals surface area contributed by atoms with Crippen molar-refractivity contribution in [1.29, 1.82) is 0 Å². The van der Waals surface area contributed by atoms with E-state index in [0.29, 0.717) is 11.3 Å². The standard InChI is InChI=1S/C17H21N3O2/c1-3-20-15(10-11-18-20)14-8-6-12-19(14)17(21)13-7-4-5-9-16(13)22-2/h4-5,7,9-11,14H,3,6,8,12H2,1-2H3/t14-/m1/s1. The first-order valence-corrected chi connectivity index (χ1v) is 7.72. The number of aryl methyl sites for hydroxylation is 1. The highest BCUT2D eigenvalue weighted by atomic mass is 16.5. The van der Waals surface area contributed by atoms with Gasteiger partial charge in [0.25, 0.3) is 5.91 Å². The van der Waals surface area contributed by atoms with Crippen molar-refractivity contribution in [3.63, 3.8) is 0 Å². The quantitative estimate of drug-likeness (QED) is 0.872. The van der Waals surface area contributed by atoms with Gasteiger partial charge >= 0.3 is 0 Å². The number of hydrogen-bond donors (Lipinski definition) is 0. The van der Waals surface area contributed by atoms with E-state index in [0.717, 1.165) is 31.6 Å². The number of carbonyl (C=O) groups is 1. The largest absolute Gasteiger partial charge is 0.496 e. The third kappa shape index (κ3) is 2.47. The molecule has 1 aliphatic rings. The molecule has 0 spiro atoms. The van der Waals surface area contributed by atoms with Crippen LogP contribution in [0.15, 0.2) is 36.5 Å². The van der Waals surface area contributed by atoms with E-state index in [4.69, 9.17) is 4.74 Å². The van der Waals surface area contributed by atoms with Crippen LogP contribution in [0, 0.1) is 0 Å². The molecule has 1 fully saturated rings. The van der Waals surface area contributed by atoms with Crippen molar-refractivity contribution in [2.75, 3.05) is 13.7 Å². The van der Waals surface area contributed by atoms with Crippen LogP contribution in [0.1, 0.15) is 41.9 Å². The molecule has 0 saturated carbocycles. The van der Waals surface area contributed by atoms with E-state index >= 15 is 0 Å². The van der Waals surface area contributed by atoms with Crippen molar-refractivity contribution >= 4 is 5.91 Å². The molecule has 116 valence electrons. The van der Waals surface area contributed by atoms with Crippen LogP contribution >= 0.6 is 0 Å². The number of amides is 1. The molecule has 5 nitrogen and oxygen atoms in total. The summed E-state index contributed by atoms with van der Waals surface area (Å²) in [6.07, 6.45) is 3.80. The number of rotatable bonds is 4. The predicted octanol–water partition coefficient (Wildman–Crippen LogP) is 2.89. The van der Waals surface area contributed by atoms with Gasteiger partial charge in [0.1, 0.15) is 5.75 Å². The highest BCUT2D eigenvalue weighted by Crippen LogP contribution is 2.34. The molecule has 0 radical (unpaired) electrons. The summed E-state index contributed by atoms with van der Waals surface area (Å²) in [7, 11) is 1.60. The van der Waals surface area contributed by atoms with Crippen molar-refractivity contribution in [3.8, 4) is 5.75 Å². The van der Waals surface area contributed by atoms with Crippen LogP contribution in [0.2, 0.25) is 0 Å². The molecule has 0 aliphatic carbocycles. The Hall–Kier alpha value is -2.30. The lowest BCUT2D eigenvalue weighted by Crippen LogP contribution is -2.32. The summed E-state index contributed by atoms with van der Waals surface area (Å²) in [5, 5.41) is 4.33. The number of hydrogen-bond acceptors (Lipinski definition) is 3. The third-order valence-corrected chi connectivity index (χ3v) is 4.24. The zero-order valence-corrected chi connectivity index (χ0v) is 13.0. The third-order valence-electron chi connectivity index (χ3n) is 4.24. The number of ether oxygens (including phenoxy) is 1. The maximum atomic E-state index is 12.9. The van der Waals surface area contributed by atoms with Gasteiger partial charge in [-0.15, -0.1) is 0 Å². The maximum absolute atomic E-state index is 12.9. The summed E-state index contributed by atoms with van der Waals surface area (Å²) >= 11 is 0. The summed E-state index contributed by atoms with van der Waals surface area (Å²) in [5.74, 6) is 0.658. The van der Waals surface area contributed by atoms with Gasteiger partial charge in [-0.3, -0.25) is 9.48 Å². The summed E-state index contributed by atoms with van der Waals surface area (Å²) < 4.78 is 7.30. The smallest absolute Gasteiger partial charge is 0.258 e. The first kappa shape index (κ1) is 14.6. The lowest BCUT2D eigenvalue weighted by Gasteiger charge is -2.26. The zero-order chi connectivity index (χ0) is 15.5. The molecule has 1 saturated heterocycles. The molecule has 22 heavy (non-hydrogen) atoms. The molecule has 2 aromatic rings. The van der Waals surface area contributed by atoms with E-state index in [2.05, 4.69) is 12.0 Å². The van der Waals surface area contributed by atoms with Gasteiger partial charge in [-0.2, -0.15) is 5.10 Å². The molecule has 1 aromatic carbocycles. The lowest BCUT2D eigenvalue weighted by molar-refractivity contribution is 0.0726. The van der Waals surface area contributed by atoms with E-state index < -0.39 is 0 Å². The van der Waals surface area contributed by atoms with Crippen LogP contribution < -0.4 is 4.74 Å². The summed E-state index contributed by atoms with van der Waals surface area (Å²) in [6, 6.07) is 9.52. The Balaban J connectivity index is 1.91. The minimum absolute atomic E-state index is 0.0313. The maximum Gasteiger partial charge on any atom is 0.258 e. The fourth-order valence-electron chi connectivity index (χ4n) is 3.18. The SMILES string of the molecule is CCn1nccc1[C@H]1CCCN1C(=O)c1ccccc1OC. The molecule has 5 heteroatoms. The number of para-hydroxylation sites is 1. The Bertz CT molecular complexity index is 665. The molecular formula is C17H21N3O2. The minimum Gasteiger partial charge on any atom is -0.496 e. The van der Waals surface area contributed by atoms with Gasteiger partial charge in [0.05, 0.1) is 24.4 Å². The Labute approximate surface area is 130 Å². The number of carbonyl (C=O) groups excluding carboxylic acids is 1. The second-order valence-corrected chi connectivity index (χ2v) is 5.43. The van der Waals surface area contributed by atoms with Gasteiger partial charge in [-0.1, -0.05) is 12.1 Å². The van der Waals surface area contributed by atoms with E-state index in [1.807, 2.05) is 46.1 Å². The van der Waals surface area contributed by atoms with E-state index in [1.165, 1.54) is 0 Å². The van der Waals surface area contributed by atoms with Gasteiger partial charge in [0.15, 0.2) is 0 Å². The van der Waals surface area contributed by atoms with Gasteiger partial charge in [0.2, 0.25) is 0 Å². The van der Waals surface area contributed by atoms with Crippen molar-refractivity contribution in [1.82, 2.24) is 14.7 Å². The van der Waals surface area contributed by atoms with Crippen molar-refractivity contribution in [3.05, 3.63) is 47.8 Å². The number of aromatic nitrogens is 2. The fourth-order valence-corrected chi connectivity index (χ4v) is 3.18. The van der Waals surface area contributed by atoms with Gasteiger partial charge < -0.3 is 9.64 Å². The van der Waals surface area contributed by atoms with Crippen molar-refractivity contribution in [2.24, 2.45) is 0 Å². The first-order valence-electron chi connectivity index (χ1n) is 7.72. The summed E-state index contributed by atoms with van der Waals surface area (Å²) in [4.78, 5) is 14.9. The number of nitrogens with zero attached hydrogens (tertiary/aromatic N) is 3. The van der Waals surface area contributed by atoms with Crippen LogP contribution in [0.3, 0.4) is 0 Å².